The van der Waals surface area contributed by atoms with Crippen molar-refractivity contribution in [3.8, 4) is 0 Å². The van der Waals surface area contributed by atoms with Gasteiger partial charge in [0.05, 0.1) is 5.71 Å². The number of nitrogens with two attached hydrogens (primary N) is 1. The summed E-state index contributed by atoms with van der Waals surface area (Å²) in [6, 6.07) is 5.80. The van der Waals surface area contributed by atoms with Gasteiger partial charge in [0.15, 0.2) is 0 Å². The Hall–Kier alpha value is -1.84. The summed E-state index contributed by atoms with van der Waals surface area (Å²) < 4.78 is 0. The average Bonchev–Trinajstić information content (AvgIpc) is 2.67. The van der Waals surface area contributed by atoms with Crippen molar-refractivity contribution in [2.75, 3.05) is 11.9 Å². The minimum atomic E-state index is 0.428. The summed E-state index contributed by atoms with van der Waals surface area (Å²) in [6.07, 6.45) is 10.2. The number of nitrogens with zero attached hydrogens (tertiary/aromatic N) is 1. The summed E-state index contributed by atoms with van der Waals surface area (Å²) in [5, 5.41) is 4.03. The molecule has 1 heterocycles. The summed E-state index contributed by atoms with van der Waals surface area (Å²) in [7, 11) is 0. The van der Waals surface area contributed by atoms with Crippen molar-refractivity contribution in [1.29, 1.82) is 0 Å². The minimum Gasteiger partial charge on any atom is -0.356 e. The first-order valence-electron chi connectivity index (χ1n) is 6.68. The quantitative estimate of drug-likeness (QED) is 0.872. The van der Waals surface area contributed by atoms with E-state index in [-0.39, 0.29) is 0 Å². The van der Waals surface area contributed by atoms with E-state index in [0.29, 0.717) is 11.6 Å². The maximum Gasteiger partial charge on any atom is 0.0756 e. The van der Waals surface area contributed by atoms with Crippen molar-refractivity contribution in [3.05, 3.63) is 64.5 Å². The van der Waals surface area contributed by atoms with Gasteiger partial charge in [0.2, 0.25) is 0 Å². The van der Waals surface area contributed by atoms with Crippen LogP contribution in [0.1, 0.15) is 18.4 Å². The number of aliphatic imine (C=N–C) groups is 1. The Balaban J connectivity index is 2.13. The van der Waals surface area contributed by atoms with Gasteiger partial charge in [-0.3, -0.25) is 4.99 Å². The highest BCUT2D eigenvalue weighted by molar-refractivity contribution is 6.31. The maximum absolute atomic E-state index is 6.15. The predicted octanol–water partition coefficient (Wildman–Crippen LogP) is 3.63. The molecule has 0 saturated carbocycles. The van der Waals surface area contributed by atoms with Crippen LogP contribution in [0.3, 0.4) is 0 Å². The lowest BCUT2D eigenvalue weighted by Gasteiger charge is -2.15. The van der Waals surface area contributed by atoms with Crippen LogP contribution in [0.2, 0.25) is 5.02 Å². The Bertz CT molecular complexity index is 654. The van der Waals surface area contributed by atoms with Gasteiger partial charge in [-0.2, -0.15) is 0 Å². The van der Waals surface area contributed by atoms with Gasteiger partial charge in [-0.1, -0.05) is 29.8 Å². The Morgan fingerprint density at radius 1 is 1.35 bits per heavy atom. The molecule has 1 aromatic carbocycles. The molecule has 1 aliphatic heterocycles. The van der Waals surface area contributed by atoms with Gasteiger partial charge in [0.1, 0.15) is 0 Å². The minimum absolute atomic E-state index is 0.428. The number of allylic oxidation sites excluding steroid dienone is 4. The number of fused-ring (bicyclic) bond motifs is 1. The third kappa shape index (κ3) is 2.55. The highest BCUT2D eigenvalue weighted by atomic mass is 35.5. The lowest BCUT2D eigenvalue weighted by atomic mass is 9.94. The van der Waals surface area contributed by atoms with Crippen molar-refractivity contribution >= 4 is 23.0 Å². The van der Waals surface area contributed by atoms with E-state index < -0.39 is 0 Å². The fraction of sp³-hybridized carbons (Fsp3) is 0.188. The zero-order valence-electron chi connectivity index (χ0n) is 11.1. The predicted molar refractivity (Wildman–Crippen MR) is 85.2 cm³/mol. The first-order valence-corrected chi connectivity index (χ1v) is 7.05. The van der Waals surface area contributed by atoms with Gasteiger partial charge < -0.3 is 11.1 Å². The van der Waals surface area contributed by atoms with Crippen molar-refractivity contribution in [2.45, 2.75) is 12.8 Å². The van der Waals surface area contributed by atoms with Crippen LogP contribution >= 0.6 is 11.6 Å². The van der Waals surface area contributed by atoms with E-state index in [1.807, 2.05) is 24.4 Å². The monoisotopic (exact) mass is 285 g/mol. The largest absolute Gasteiger partial charge is 0.356 e. The van der Waals surface area contributed by atoms with Crippen LogP contribution in [0, 0.1) is 0 Å². The summed E-state index contributed by atoms with van der Waals surface area (Å²) in [5.41, 5.74) is 10.9. The summed E-state index contributed by atoms with van der Waals surface area (Å²) >= 11 is 6.15. The van der Waals surface area contributed by atoms with E-state index in [1.54, 1.807) is 0 Å². The normalized spacial score (nSPS) is 17.4. The Labute approximate surface area is 123 Å². The molecule has 0 radical (unpaired) electrons. The summed E-state index contributed by atoms with van der Waals surface area (Å²) in [4.78, 5) is 4.63. The molecule has 0 atom stereocenters. The SMILES string of the molecule is NCC1=CN=C(C2=CC=CCC2)c2cc(Cl)ccc2N1. The van der Waals surface area contributed by atoms with Crippen LogP contribution in [-0.4, -0.2) is 12.3 Å². The van der Waals surface area contributed by atoms with E-state index in [2.05, 4.69) is 28.5 Å². The maximum atomic E-state index is 6.15. The topological polar surface area (TPSA) is 50.4 Å². The van der Waals surface area contributed by atoms with E-state index in [9.17, 15) is 0 Å². The number of hydrogen-bond donors (Lipinski definition) is 2. The molecule has 3 rings (SSSR count). The molecule has 0 unspecified atom stereocenters. The number of anilines is 1. The second-order valence-corrected chi connectivity index (χ2v) is 5.25. The lowest BCUT2D eigenvalue weighted by molar-refractivity contribution is 1.00. The van der Waals surface area contributed by atoms with Gasteiger partial charge in [-0.05, 0) is 36.6 Å². The fourth-order valence-electron chi connectivity index (χ4n) is 2.40. The Morgan fingerprint density at radius 2 is 2.25 bits per heavy atom. The van der Waals surface area contributed by atoms with Crippen LogP contribution in [0.5, 0.6) is 0 Å². The molecule has 3 N–H and O–H groups in total. The molecule has 0 bridgehead atoms. The zero-order valence-corrected chi connectivity index (χ0v) is 11.8. The van der Waals surface area contributed by atoms with Crippen molar-refractivity contribution in [2.24, 2.45) is 10.7 Å². The molecule has 0 fully saturated rings. The second-order valence-electron chi connectivity index (χ2n) is 4.81. The lowest BCUT2D eigenvalue weighted by Crippen LogP contribution is -2.12. The van der Waals surface area contributed by atoms with E-state index in [4.69, 9.17) is 17.3 Å². The second kappa shape index (κ2) is 5.65. The fourth-order valence-corrected chi connectivity index (χ4v) is 2.57. The zero-order chi connectivity index (χ0) is 13.9. The number of hydrogen-bond acceptors (Lipinski definition) is 3. The van der Waals surface area contributed by atoms with Crippen LogP contribution < -0.4 is 11.1 Å². The summed E-state index contributed by atoms with van der Waals surface area (Å²) in [5.74, 6) is 0. The number of benzene rings is 1. The third-order valence-electron chi connectivity index (χ3n) is 3.42. The highest BCUT2D eigenvalue weighted by Gasteiger charge is 2.17. The smallest absolute Gasteiger partial charge is 0.0756 e. The molecule has 4 heteroatoms. The first-order chi connectivity index (χ1) is 9.78. The molecule has 0 amide bonds. The molecule has 3 nitrogen and oxygen atoms in total. The van der Waals surface area contributed by atoms with Crippen LogP contribution in [0.15, 0.2) is 58.9 Å². The number of halogens is 1. The molecule has 20 heavy (non-hydrogen) atoms. The molecular weight excluding hydrogens is 270 g/mol. The standard InChI is InChI=1S/C16H16ClN3/c17-12-6-7-15-14(8-12)16(11-4-2-1-3-5-11)19-10-13(9-18)20-15/h1-2,4,6-8,10,20H,3,5,9,18H2. The number of rotatable bonds is 2. The molecule has 1 aliphatic carbocycles. The molecule has 0 aromatic heterocycles. The first kappa shape index (κ1) is 13.2. The van der Waals surface area contributed by atoms with Gasteiger partial charge in [-0.25, -0.2) is 0 Å². The van der Waals surface area contributed by atoms with E-state index in [0.717, 1.165) is 35.5 Å². The molecule has 0 saturated heterocycles. The molecular formula is C16H16ClN3. The van der Waals surface area contributed by atoms with Crippen LogP contribution in [0.25, 0.3) is 0 Å². The Morgan fingerprint density at radius 3 is 3.00 bits per heavy atom. The molecule has 102 valence electrons. The van der Waals surface area contributed by atoms with Crippen LogP contribution in [-0.2, 0) is 0 Å². The van der Waals surface area contributed by atoms with Crippen molar-refractivity contribution in [3.63, 3.8) is 0 Å². The number of nitrogens with one attached hydrogen (secondary N) is 1. The summed E-state index contributed by atoms with van der Waals surface area (Å²) in [6.45, 7) is 0.428. The van der Waals surface area contributed by atoms with Gasteiger partial charge in [0, 0.05) is 34.7 Å². The third-order valence-corrected chi connectivity index (χ3v) is 3.65. The Kier molecular flexibility index (Phi) is 3.72. The van der Waals surface area contributed by atoms with E-state index in [1.165, 1.54) is 5.57 Å². The van der Waals surface area contributed by atoms with Crippen LogP contribution in [0.4, 0.5) is 5.69 Å². The average molecular weight is 286 g/mol. The molecule has 1 aromatic rings. The van der Waals surface area contributed by atoms with Gasteiger partial charge >= 0.3 is 0 Å². The molecule has 2 aliphatic rings. The highest BCUT2D eigenvalue weighted by Crippen LogP contribution is 2.29. The van der Waals surface area contributed by atoms with E-state index >= 15 is 0 Å². The van der Waals surface area contributed by atoms with Gasteiger partial charge in [-0.15, -0.1) is 0 Å². The van der Waals surface area contributed by atoms with Gasteiger partial charge in [0.25, 0.3) is 0 Å². The van der Waals surface area contributed by atoms with Crippen molar-refractivity contribution in [1.82, 2.24) is 0 Å². The molecule has 0 spiro atoms. The van der Waals surface area contributed by atoms with Crippen molar-refractivity contribution < 1.29 is 0 Å².